The number of rotatable bonds is 7. The number of anilines is 2. The molecule has 106 valence electrons. The minimum absolute atomic E-state index is 0.0572. The van der Waals surface area contributed by atoms with Gasteiger partial charge in [0.15, 0.2) is 0 Å². The van der Waals surface area contributed by atoms with Crippen LogP contribution in [0.4, 0.5) is 11.6 Å². The van der Waals surface area contributed by atoms with Crippen molar-refractivity contribution in [3.05, 3.63) is 11.9 Å². The maximum atomic E-state index is 11.5. The van der Waals surface area contributed by atoms with Crippen molar-refractivity contribution < 1.29 is 4.79 Å². The van der Waals surface area contributed by atoms with Crippen LogP contribution in [0.1, 0.15) is 25.8 Å². The highest BCUT2D eigenvalue weighted by molar-refractivity contribution is 5.76. The zero-order valence-corrected chi connectivity index (χ0v) is 12.1. The third kappa shape index (κ3) is 5.11. The van der Waals surface area contributed by atoms with E-state index in [1.165, 1.54) is 6.33 Å². The molecule has 0 spiro atoms. The zero-order chi connectivity index (χ0) is 14.3. The topological polar surface area (TPSA) is 78.9 Å². The van der Waals surface area contributed by atoms with Crippen LogP contribution in [0.5, 0.6) is 0 Å². The van der Waals surface area contributed by atoms with Gasteiger partial charge >= 0.3 is 0 Å². The average molecular weight is 265 g/mol. The van der Waals surface area contributed by atoms with Crippen molar-refractivity contribution in [2.24, 2.45) is 5.92 Å². The first-order chi connectivity index (χ1) is 9.04. The SMILES string of the molecule is CNc1ncnc(NCCC(=O)NCC(C)C)c1C. The molecule has 1 heterocycles. The lowest BCUT2D eigenvalue weighted by Gasteiger charge is -2.11. The summed E-state index contributed by atoms with van der Waals surface area (Å²) in [6.07, 6.45) is 1.94. The highest BCUT2D eigenvalue weighted by Crippen LogP contribution is 2.16. The van der Waals surface area contributed by atoms with Crippen molar-refractivity contribution in [1.29, 1.82) is 0 Å². The molecular weight excluding hydrogens is 242 g/mol. The third-order valence-corrected chi connectivity index (χ3v) is 2.67. The van der Waals surface area contributed by atoms with E-state index in [2.05, 4.69) is 39.8 Å². The second-order valence-corrected chi connectivity index (χ2v) is 4.82. The molecule has 0 aliphatic rings. The van der Waals surface area contributed by atoms with Crippen molar-refractivity contribution in [3.63, 3.8) is 0 Å². The van der Waals surface area contributed by atoms with Crippen molar-refractivity contribution in [1.82, 2.24) is 15.3 Å². The molecule has 1 amide bonds. The van der Waals surface area contributed by atoms with Gasteiger partial charge in [0.05, 0.1) is 0 Å². The quantitative estimate of drug-likeness (QED) is 0.694. The molecule has 6 heteroatoms. The van der Waals surface area contributed by atoms with Gasteiger partial charge in [0.25, 0.3) is 0 Å². The number of nitrogens with one attached hydrogen (secondary N) is 3. The van der Waals surface area contributed by atoms with E-state index < -0.39 is 0 Å². The highest BCUT2D eigenvalue weighted by Gasteiger charge is 2.06. The van der Waals surface area contributed by atoms with Crippen LogP contribution in [0.15, 0.2) is 6.33 Å². The van der Waals surface area contributed by atoms with E-state index in [9.17, 15) is 4.79 Å². The summed E-state index contributed by atoms with van der Waals surface area (Å²) in [5.74, 6) is 2.08. The summed E-state index contributed by atoms with van der Waals surface area (Å²) in [5.41, 5.74) is 0.951. The summed E-state index contributed by atoms with van der Waals surface area (Å²) in [7, 11) is 1.82. The lowest BCUT2D eigenvalue weighted by molar-refractivity contribution is -0.120. The number of amides is 1. The normalized spacial score (nSPS) is 10.4. The standard InChI is InChI=1S/C13H23N5O/c1-9(2)7-16-11(19)5-6-15-13-10(3)12(14-4)17-8-18-13/h8-9H,5-7H2,1-4H3,(H,16,19)(H2,14,15,17,18). The Hall–Kier alpha value is -1.85. The fourth-order valence-corrected chi connectivity index (χ4v) is 1.58. The number of hydrogen-bond donors (Lipinski definition) is 3. The zero-order valence-electron chi connectivity index (χ0n) is 12.1. The van der Waals surface area contributed by atoms with Gasteiger partial charge < -0.3 is 16.0 Å². The number of hydrogen-bond acceptors (Lipinski definition) is 5. The van der Waals surface area contributed by atoms with Crippen LogP contribution in [0.2, 0.25) is 0 Å². The molecule has 6 nitrogen and oxygen atoms in total. The Labute approximate surface area is 114 Å². The number of carbonyl (C=O) groups excluding carboxylic acids is 1. The number of carbonyl (C=O) groups is 1. The molecular formula is C13H23N5O. The Morgan fingerprint density at radius 1 is 1.32 bits per heavy atom. The smallest absolute Gasteiger partial charge is 0.221 e. The van der Waals surface area contributed by atoms with E-state index in [0.717, 1.165) is 23.7 Å². The molecule has 0 bridgehead atoms. The van der Waals surface area contributed by atoms with Gasteiger partial charge in [-0.1, -0.05) is 13.8 Å². The molecule has 0 saturated heterocycles. The summed E-state index contributed by atoms with van der Waals surface area (Å²) < 4.78 is 0. The molecule has 0 radical (unpaired) electrons. The van der Waals surface area contributed by atoms with Crippen LogP contribution in [0, 0.1) is 12.8 Å². The van der Waals surface area contributed by atoms with Crippen LogP contribution in [-0.4, -0.2) is 36.0 Å². The summed E-state index contributed by atoms with van der Waals surface area (Å²) >= 11 is 0. The van der Waals surface area contributed by atoms with Crippen molar-refractivity contribution in [2.45, 2.75) is 27.2 Å². The molecule has 0 fully saturated rings. The van der Waals surface area contributed by atoms with Crippen LogP contribution >= 0.6 is 0 Å². The predicted octanol–water partition coefficient (Wildman–Crippen LogP) is 1.40. The molecule has 0 aliphatic carbocycles. The molecule has 0 aromatic carbocycles. The first-order valence-electron chi connectivity index (χ1n) is 6.54. The van der Waals surface area contributed by atoms with Crippen molar-refractivity contribution in [3.8, 4) is 0 Å². The minimum atomic E-state index is 0.0572. The Morgan fingerprint density at radius 2 is 2.00 bits per heavy atom. The van der Waals surface area contributed by atoms with Crippen LogP contribution < -0.4 is 16.0 Å². The predicted molar refractivity (Wildman–Crippen MR) is 77.3 cm³/mol. The summed E-state index contributed by atoms with van der Waals surface area (Å²) in [4.78, 5) is 19.8. The van der Waals surface area contributed by atoms with Gasteiger partial charge in [-0.15, -0.1) is 0 Å². The molecule has 1 aromatic rings. The fourth-order valence-electron chi connectivity index (χ4n) is 1.58. The molecule has 1 rings (SSSR count). The molecule has 0 atom stereocenters. The molecule has 0 unspecified atom stereocenters. The van der Waals surface area contributed by atoms with Crippen molar-refractivity contribution in [2.75, 3.05) is 30.8 Å². The third-order valence-electron chi connectivity index (χ3n) is 2.67. The van der Waals surface area contributed by atoms with E-state index in [-0.39, 0.29) is 5.91 Å². The van der Waals surface area contributed by atoms with E-state index in [1.54, 1.807) is 0 Å². The van der Waals surface area contributed by atoms with Gasteiger partial charge in [0.1, 0.15) is 18.0 Å². The highest BCUT2D eigenvalue weighted by atomic mass is 16.1. The maximum Gasteiger partial charge on any atom is 0.221 e. The molecule has 0 aliphatic heterocycles. The van der Waals surface area contributed by atoms with Crippen LogP contribution in [0.25, 0.3) is 0 Å². The van der Waals surface area contributed by atoms with E-state index in [1.807, 2.05) is 14.0 Å². The van der Waals surface area contributed by atoms with Gasteiger partial charge in [0, 0.05) is 32.1 Å². The lowest BCUT2D eigenvalue weighted by Crippen LogP contribution is -2.28. The van der Waals surface area contributed by atoms with Crippen LogP contribution in [-0.2, 0) is 4.79 Å². The molecule has 1 aromatic heterocycles. The van der Waals surface area contributed by atoms with E-state index in [4.69, 9.17) is 0 Å². The lowest BCUT2D eigenvalue weighted by atomic mass is 10.2. The summed E-state index contributed by atoms with van der Waals surface area (Å²) in [5, 5.41) is 9.03. The average Bonchev–Trinajstić information content (AvgIpc) is 2.38. The van der Waals surface area contributed by atoms with Gasteiger partial charge in [-0.25, -0.2) is 9.97 Å². The van der Waals surface area contributed by atoms with E-state index in [0.29, 0.717) is 18.9 Å². The molecule has 19 heavy (non-hydrogen) atoms. The minimum Gasteiger partial charge on any atom is -0.373 e. The fraction of sp³-hybridized carbons (Fsp3) is 0.615. The van der Waals surface area contributed by atoms with Gasteiger partial charge in [-0.2, -0.15) is 0 Å². The first kappa shape index (κ1) is 15.2. The van der Waals surface area contributed by atoms with Gasteiger partial charge in [-0.3, -0.25) is 4.79 Å². The summed E-state index contributed by atoms with van der Waals surface area (Å²) in [6, 6.07) is 0. The monoisotopic (exact) mass is 265 g/mol. The Morgan fingerprint density at radius 3 is 2.63 bits per heavy atom. The largest absolute Gasteiger partial charge is 0.373 e. The van der Waals surface area contributed by atoms with Crippen LogP contribution in [0.3, 0.4) is 0 Å². The van der Waals surface area contributed by atoms with Crippen molar-refractivity contribution >= 4 is 17.5 Å². The Bertz CT molecular complexity index is 419. The Balaban J connectivity index is 2.39. The van der Waals surface area contributed by atoms with E-state index >= 15 is 0 Å². The number of nitrogens with zero attached hydrogens (tertiary/aromatic N) is 2. The number of aromatic nitrogens is 2. The second kappa shape index (κ2) is 7.56. The summed E-state index contributed by atoms with van der Waals surface area (Å²) in [6.45, 7) is 7.36. The first-order valence-corrected chi connectivity index (χ1v) is 6.54. The second-order valence-electron chi connectivity index (χ2n) is 4.82. The molecule has 0 saturated carbocycles. The molecule has 3 N–H and O–H groups in total. The maximum absolute atomic E-state index is 11.5. The Kier molecular flexibility index (Phi) is 6.05. The van der Waals surface area contributed by atoms with Gasteiger partial charge in [0.2, 0.25) is 5.91 Å². The van der Waals surface area contributed by atoms with Gasteiger partial charge in [-0.05, 0) is 12.8 Å².